The molecule has 7 nitrogen and oxygen atoms in total. The predicted octanol–water partition coefficient (Wildman–Crippen LogP) is 3.05. The third-order valence-electron chi connectivity index (χ3n) is 5.50. The molecule has 3 aliphatic heterocycles. The minimum absolute atomic E-state index is 0.276. The number of halogens is 1. The van der Waals surface area contributed by atoms with Crippen molar-refractivity contribution in [2.45, 2.75) is 12.2 Å². The van der Waals surface area contributed by atoms with Gasteiger partial charge in [-0.15, -0.1) is 0 Å². The number of para-hydroxylation sites is 1. The molecule has 0 N–H and O–H groups in total. The SMILES string of the molecule is CN1C(=O)C2C(N=C3N(c4ccccc4Cl)C(c4ccccc4)=CN32)N(C)C1=O. The summed E-state index contributed by atoms with van der Waals surface area (Å²) >= 11 is 6.52. The molecular formula is C21H18ClN5O2. The van der Waals surface area contributed by atoms with E-state index >= 15 is 0 Å². The van der Waals surface area contributed by atoms with Crippen LogP contribution in [0.4, 0.5) is 10.5 Å². The quantitative estimate of drug-likeness (QED) is 0.767. The number of carbonyl (C=O) groups is 2. The summed E-state index contributed by atoms with van der Waals surface area (Å²) in [6.07, 6.45) is 1.33. The molecule has 0 saturated carbocycles. The summed E-state index contributed by atoms with van der Waals surface area (Å²) in [5, 5.41) is 0.571. The van der Waals surface area contributed by atoms with Crippen LogP contribution in [-0.4, -0.2) is 58.9 Å². The van der Waals surface area contributed by atoms with Crippen molar-refractivity contribution in [3.8, 4) is 0 Å². The molecule has 0 spiro atoms. The Morgan fingerprint density at radius 2 is 1.66 bits per heavy atom. The minimum atomic E-state index is -0.608. The Morgan fingerprint density at radius 1 is 0.966 bits per heavy atom. The molecule has 1 saturated heterocycles. The fraction of sp³-hybridized carbons (Fsp3) is 0.190. The maximum Gasteiger partial charge on any atom is 0.328 e. The van der Waals surface area contributed by atoms with Crippen molar-refractivity contribution in [2.24, 2.45) is 4.99 Å². The van der Waals surface area contributed by atoms with E-state index in [-0.39, 0.29) is 11.9 Å². The summed E-state index contributed by atoms with van der Waals surface area (Å²) in [6.45, 7) is 0. The standard InChI is InChI=1S/C21H18ClN5O2/c1-24-18-17(19(28)25(2)21(24)29)26-12-16(13-8-4-3-5-9-13)27(20(26)23-18)15-11-7-6-10-14(15)22/h3-12,17-18H,1-2H3. The zero-order chi connectivity index (χ0) is 20.3. The van der Waals surface area contributed by atoms with Crippen molar-refractivity contribution in [1.29, 1.82) is 0 Å². The fourth-order valence-electron chi connectivity index (χ4n) is 4.00. The van der Waals surface area contributed by atoms with E-state index in [9.17, 15) is 9.59 Å². The second-order valence-electron chi connectivity index (χ2n) is 7.15. The van der Waals surface area contributed by atoms with Crippen LogP contribution in [-0.2, 0) is 4.79 Å². The van der Waals surface area contributed by atoms with E-state index in [2.05, 4.69) is 0 Å². The van der Waals surface area contributed by atoms with Crippen LogP contribution in [0.2, 0.25) is 5.02 Å². The number of likely N-dealkylation sites (N-methyl/N-ethyl adjacent to an activating group) is 2. The number of nitrogens with zero attached hydrogens (tertiary/aromatic N) is 5. The van der Waals surface area contributed by atoms with Crippen LogP contribution in [0.1, 0.15) is 5.56 Å². The molecule has 0 radical (unpaired) electrons. The van der Waals surface area contributed by atoms with Crippen LogP contribution in [0.15, 0.2) is 65.8 Å². The molecule has 1 fully saturated rings. The van der Waals surface area contributed by atoms with Crippen LogP contribution in [0.25, 0.3) is 5.70 Å². The first kappa shape index (κ1) is 17.8. The van der Waals surface area contributed by atoms with Gasteiger partial charge in [0.1, 0.15) is 0 Å². The number of amides is 3. The number of anilines is 1. The van der Waals surface area contributed by atoms with Crippen molar-refractivity contribution in [1.82, 2.24) is 14.7 Å². The molecule has 3 amide bonds. The number of guanidine groups is 1. The van der Waals surface area contributed by atoms with E-state index < -0.39 is 12.2 Å². The Kier molecular flexibility index (Phi) is 3.89. The Morgan fingerprint density at radius 3 is 2.38 bits per heavy atom. The van der Waals surface area contributed by atoms with E-state index in [4.69, 9.17) is 16.6 Å². The maximum atomic E-state index is 12.9. The van der Waals surface area contributed by atoms with E-state index in [1.165, 1.54) is 11.9 Å². The van der Waals surface area contributed by atoms with Crippen molar-refractivity contribution in [3.05, 3.63) is 71.4 Å². The second kappa shape index (κ2) is 6.35. The number of imide groups is 1. The number of benzene rings is 2. The number of hydrogen-bond acceptors (Lipinski definition) is 5. The maximum absolute atomic E-state index is 12.9. The second-order valence-corrected chi connectivity index (χ2v) is 7.56. The fourth-order valence-corrected chi connectivity index (χ4v) is 4.22. The molecule has 2 aromatic rings. The van der Waals surface area contributed by atoms with Gasteiger partial charge < -0.3 is 4.90 Å². The Labute approximate surface area is 173 Å². The van der Waals surface area contributed by atoms with Gasteiger partial charge in [0.05, 0.1) is 16.4 Å². The third-order valence-corrected chi connectivity index (χ3v) is 5.81. The van der Waals surface area contributed by atoms with Crippen molar-refractivity contribution < 1.29 is 9.59 Å². The average Bonchev–Trinajstić information content (AvgIpc) is 3.28. The largest absolute Gasteiger partial charge is 0.328 e. The van der Waals surface area contributed by atoms with Crippen molar-refractivity contribution >= 4 is 40.9 Å². The first-order valence-electron chi connectivity index (χ1n) is 9.21. The number of hydrogen-bond donors (Lipinski definition) is 0. The van der Waals surface area contributed by atoms with Gasteiger partial charge in [-0.25, -0.2) is 9.79 Å². The molecule has 3 aliphatic rings. The summed E-state index contributed by atoms with van der Waals surface area (Å²) in [5.41, 5.74) is 2.60. The molecule has 0 aliphatic carbocycles. The molecule has 146 valence electrons. The zero-order valence-electron chi connectivity index (χ0n) is 15.9. The number of fused-ring (bicyclic) bond motifs is 3. The molecular weight excluding hydrogens is 390 g/mol. The van der Waals surface area contributed by atoms with Crippen LogP contribution in [0.5, 0.6) is 0 Å². The molecule has 3 heterocycles. The Balaban J connectivity index is 1.67. The summed E-state index contributed by atoms with van der Waals surface area (Å²) in [4.78, 5) is 36.5. The molecule has 8 heteroatoms. The zero-order valence-corrected chi connectivity index (χ0v) is 16.6. The van der Waals surface area contributed by atoms with Crippen LogP contribution in [0, 0.1) is 0 Å². The summed E-state index contributed by atoms with van der Waals surface area (Å²) in [5.74, 6) is 0.303. The van der Waals surface area contributed by atoms with E-state index in [0.29, 0.717) is 11.0 Å². The lowest BCUT2D eigenvalue weighted by Crippen LogP contribution is -2.63. The molecule has 29 heavy (non-hydrogen) atoms. The first-order valence-corrected chi connectivity index (χ1v) is 9.59. The number of aliphatic imine (C=N–C) groups is 1. The number of rotatable bonds is 2. The summed E-state index contributed by atoms with van der Waals surface area (Å²) in [6, 6.07) is 16.4. The lowest BCUT2D eigenvalue weighted by Gasteiger charge is -2.38. The van der Waals surface area contributed by atoms with E-state index in [1.807, 2.05) is 70.6 Å². The molecule has 5 rings (SSSR count). The normalized spacial score (nSPS) is 23.3. The highest BCUT2D eigenvalue weighted by atomic mass is 35.5. The topological polar surface area (TPSA) is 59.5 Å². The highest BCUT2D eigenvalue weighted by molar-refractivity contribution is 6.34. The van der Waals surface area contributed by atoms with Gasteiger partial charge in [-0.1, -0.05) is 54.1 Å². The highest BCUT2D eigenvalue weighted by Gasteiger charge is 2.54. The van der Waals surface area contributed by atoms with Gasteiger partial charge in [0.15, 0.2) is 12.2 Å². The molecule has 0 aromatic heterocycles. The summed E-state index contributed by atoms with van der Waals surface area (Å²) < 4.78 is 0. The Hall–Kier alpha value is -3.32. The third kappa shape index (κ3) is 2.47. The average molecular weight is 408 g/mol. The summed E-state index contributed by atoms with van der Waals surface area (Å²) in [7, 11) is 3.16. The van der Waals surface area contributed by atoms with Crippen LogP contribution in [0.3, 0.4) is 0 Å². The minimum Gasteiger partial charge on any atom is -0.302 e. The van der Waals surface area contributed by atoms with Crippen LogP contribution < -0.4 is 4.90 Å². The van der Waals surface area contributed by atoms with Gasteiger partial charge in [0.2, 0.25) is 5.96 Å². The molecule has 2 unspecified atom stereocenters. The van der Waals surface area contributed by atoms with Gasteiger partial charge in [-0.2, -0.15) is 0 Å². The van der Waals surface area contributed by atoms with E-state index in [0.717, 1.165) is 21.8 Å². The first-order chi connectivity index (χ1) is 14.0. The molecule has 2 atom stereocenters. The lowest BCUT2D eigenvalue weighted by atomic mass is 10.1. The van der Waals surface area contributed by atoms with Crippen molar-refractivity contribution in [3.63, 3.8) is 0 Å². The smallest absolute Gasteiger partial charge is 0.302 e. The monoisotopic (exact) mass is 407 g/mol. The molecule has 2 aromatic carbocycles. The number of urea groups is 1. The number of carbonyl (C=O) groups excluding carboxylic acids is 2. The highest BCUT2D eigenvalue weighted by Crippen LogP contribution is 2.41. The van der Waals surface area contributed by atoms with E-state index in [1.54, 1.807) is 7.05 Å². The van der Waals surface area contributed by atoms with Gasteiger partial charge in [0, 0.05) is 25.9 Å². The molecule has 0 bridgehead atoms. The van der Waals surface area contributed by atoms with Crippen LogP contribution >= 0.6 is 11.6 Å². The predicted molar refractivity (Wildman–Crippen MR) is 111 cm³/mol. The van der Waals surface area contributed by atoms with Crippen molar-refractivity contribution in [2.75, 3.05) is 19.0 Å². The van der Waals surface area contributed by atoms with Gasteiger partial charge >= 0.3 is 6.03 Å². The van der Waals surface area contributed by atoms with Gasteiger partial charge in [0.25, 0.3) is 5.91 Å². The van der Waals surface area contributed by atoms with Gasteiger partial charge in [-0.05, 0) is 12.1 Å². The Bertz CT molecular complexity index is 1080. The van der Waals surface area contributed by atoms with Gasteiger partial charge in [-0.3, -0.25) is 19.5 Å². The lowest BCUT2D eigenvalue weighted by molar-refractivity contribution is -0.135.